The van der Waals surface area contributed by atoms with Crippen LogP contribution in [-0.2, 0) is 16.0 Å². The molecule has 128 valence electrons. The van der Waals surface area contributed by atoms with Gasteiger partial charge in [-0.25, -0.2) is 4.79 Å². The van der Waals surface area contributed by atoms with Gasteiger partial charge in [0.25, 0.3) is 0 Å². The molecule has 2 heterocycles. The van der Waals surface area contributed by atoms with Gasteiger partial charge < -0.3 is 10.1 Å². The number of ether oxygens (including phenoxy) is 1. The zero-order valence-corrected chi connectivity index (χ0v) is 15.6. The minimum atomic E-state index is -0.471. The Morgan fingerprint density at radius 2 is 1.88 bits per heavy atom. The quantitative estimate of drug-likeness (QED) is 0.616. The van der Waals surface area contributed by atoms with Gasteiger partial charge in [0.2, 0.25) is 5.91 Å². The van der Waals surface area contributed by atoms with Crippen molar-refractivity contribution in [2.45, 2.75) is 6.42 Å². The maximum Gasteiger partial charge on any atom is 0.350 e. The van der Waals surface area contributed by atoms with Crippen LogP contribution >= 0.6 is 34.3 Å². The number of esters is 1. The van der Waals surface area contributed by atoms with E-state index in [1.165, 1.54) is 29.8 Å². The van der Waals surface area contributed by atoms with Crippen molar-refractivity contribution in [3.8, 4) is 10.4 Å². The number of anilines is 1. The van der Waals surface area contributed by atoms with Crippen molar-refractivity contribution in [3.05, 3.63) is 62.6 Å². The molecule has 0 aliphatic carbocycles. The van der Waals surface area contributed by atoms with E-state index in [0.29, 0.717) is 14.9 Å². The van der Waals surface area contributed by atoms with Gasteiger partial charge in [0.05, 0.1) is 23.6 Å². The number of halogens is 1. The molecule has 3 aromatic rings. The Bertz CT molecular complexity index is 902. The van der Waals surface area contributed by atoms with Crippen LogP contribution in [0.15, 0.2) is 48.5 Å². The summed E-state index contributed by atoms with van der Waals surface area (Å²) >= 11 is 8.54. The average Bonchev–Trinajstić information content (AvgIpc) is 3.21. The molecule has 1 N–H and O–H groups in total. The molecule has 0 aliphatic heterocycles. The zero-order valence-electron chi connectivity index (χ0n) is 13.2. The van der Waals surface area contributed by atoms with Gasteiger partial charge in [-0.1, -0.05) is 41.9 Å². The zero-order chi connectivity index (χ0) is 17.8. The largest absolute Gasteiger partial charge is 0.465 e. The topological polar surface area (TPSA) is 55.4 Å². The summed E-state index contributed by atoms with van der Waals surface area (Å²) in [6.07, 6.45) is 0.203. The highest BCUT2D eigenvalue weighted by atomic mass is 35.5. The normalized spacial score (nSPS) is 10.5. The summed E-state index contributed by atoms with van der Waals surface area (Å²) in [4.78, 5) is 26.5. The van der Waals surface area contributed by atoms with Gasteiger partial charge in [0, 0.05) is 9.75 Å². The summed E-state index contributed by atoms with van der Waals surface area (Å²) in [7, 11) is 1.32. The molecule has 1 aromatic carbocycles. The van der Waals surface area contributed by atoms with E-state index in [9.17, 15) is 9.59 Å². The van der Waals surface area contributed by atoms with E-state index >= 15 is 0 Å². The smallest absolute Gasteiger partial charge is 0.350 e. The third kappa shape index (κ3) is 4.28. The highest BCUT2D eigenvalue weighted by Crippen LogP contribution is 2.35. The van der Waals surface area contributed by atoms with Gasteiger partial charge in [-0.15, -0.1) is 22.7 Å². The van der Waals surface area contributed by atoms with Crippen LogP contribution in [0.4, 0.5) is 5.69 Å². The Morgan fingerprint density at radius 3 is 2.52 bits per heavy atom. The maximum absolute atomic E-state index is 12.3. The van der Waals surface area contributed by atoms with Gasteiger partial charge in [0.15, 0.2) is 0 Å². The fourth-order valence-corrected chi connectivity index (χ4v) is 4.40. The molecule has 4 nitrogen and oxygen atoms in total. The lowest BCUT2D eigenvalue weighted by Crippen LogP contribution is -2.15. The van der Waals surface area contributed by atoms with Crippen molar-refractivity contribution in [2.24, 2.45) is 0 Å². The van der Waals surface area contributed by atoms with Crippen molar-refractivity contribution < 1.29 is 14.3 Å². The SMILES string of the molecule is COC(=O)c1sc(-c2ccccc2)cc1NC(=O)Cc1ccc(Cl)s1. The standard InChI is InChI=1S/C18H14ClNO3S2/c1-23-18(22)17-13(10-14(25-17)11-5-3-2-4-6-11)20-16(21)9-12-7-8-15(19)24-12/h2-8,10H,9H2,1H3,(H,20,21). The van der Waals surface area contributed by atoms with Gasteiger partial charge in [0.1, 0.15) is 4.88 Å². The number of thiophene rings is 2. The van der Waals surface area contributed by atoms with Crippen molar-refractivity contribution in [2.75, 3.05) is 12.4 Å². The molecular formula is C18H14ClNO3S2. The van der Waals surface area contributed by atoms with Gasteiger partial charge in [-0.2, -0.15) is 0 Å². The molecule has 25 heavy (non-hydrogen) atoms. The highest BCUT2D eigenvalue weighted by Gasteiger charge is 2.19. The predicted octanol–water partition coefficient (Wildman–Crippen LogP) is 5.10. The van der Waals surface area contributed by atoms with Crippen LogP contribution in [0.2, 0.25) is 4.34 Å². The van der Waals surface area contributed by atoms with Gasteiger partial charge in [-0.05, 0) is 23.8 Å². The van der Waals surface area contributed by atoms with Crippen LogP contribution in [-0.4, -0.2) is 19.0 Å². The van der Waals surface area contributed by atoms with Crippen LogP contribution in [0.1, 0.15) is 14.5 Å². The lowest BCUT2D eigenvalue weighted by atomic mass is 10.2. The van der Waals surface area contributed by atoms with Crippen molar-refractivity contribution in [3.63, 3.8) is 0 Å². The number of nitrogens with one attached hydrogen (secondary N) is 1. The lowest BCUT2D eigenvalue weighted by Gasteiger charge is -2.04. The molecule has 0 unspecified atom stereocenters. The molecule has 0 saturated heterocycles. The number of amides is 1. The number of hydrogen-bond acceptors (Lipinski definition) is 5. The number of carbonyl (C=O) groups excluding carboxylic acids is 2. The molecule has 0 spiro atoms. The third-order valence-corrected chi connectivity index (χ3v) is 5.79. The average molecular weight is 392 g/mol. The highest BCUT2D eigenvalue weighted by molar-refractivity contribution is 7.18. The van der Waals surface area contributed by atoms with E-state index in [-0.39, 0.29) is 12.3 Å². The molecule has 7 heteroatoms. The summed E-state index contributed by atoms with van der Waals surface area (Å²) in [5.41, 5.74) is 1.44. The number of benzene rings is 1. The minimum absolute atomic E-state index is 0.203. The Hall–Kier alpha value is -2.15. The summed E-state index contributed by atoms with van der Waals surface area (Å²) in [5.74, 6) is -0.678. The van der Waals surface area contributed by atoms with Crippen molar-refractivity contribution >= 4 is 51.8 Å². The van der Waals surface area contributed by atoms with Crippen LogP contribution in [0.5, 0.6) is 0 Å². The molecule has 0 saturated carbocycles. The summed E-state index contributed by atoms with van der Waals surface area (Å²) in [5, 5.41) is 2.81. The Labute approximate surface area is 158 Å². The Balaban J connectivity index is 1.85. The first-order valence-electron chi connectivity index (χ1n) is 7.38. The summed E-state index contributed by atoms with van der Waals surface area (Å²) < 4.78 is 5.47. The number of methoxy groups -OCH3 is 1. The Kier molecular flexibility index (Phi) is 5.53. The minimum Gasteiger partial charge on any atom is -0.465 e. The number of carbonyl (C=O) groups is 2. The first kappa shape index (κ1) is 17.7. The van der Waals surface area contributed by atoms with Crippen LogP contribution in [0.25, 0.3) is 10.4 Å². The van der Waals surface area contributed by atoms with E-state index in [4.69, 9.17) is 16.3 Å². The maximum atomic E-state index is 12.3. The summed E-state index contributed by atoms with van der Waals surface area (Å²) in [6, 6.07) is 15.0. The molecule has 0 bridgehead atoms. The number of rotatable bonds is 5. The van der Waals surface area contributed by atoms with E-state index < -0.39 is 5.97 Å². The first-order chi connectivity index (χ1) is 12.1. The van der Waals surface area contributed by atoms with Crippen LogP contribution in [0.3, 0.4) is 0 Å². The van der Waals surface area contributed by atoms with Crippen molar-refractivity contribution in [1.29, 1.82) is 0 Å². The monoisotopic (exact) mass is 391 g/mol. The fraction of sp³-hybridized carbons (Fsp3) is 0.111. The predicted molar refractivity (Wildman–Crippen MR) is 103 cm³/mol. The second-order valence-electron chi connectivity index (χ2n) is 5.14. The van der Waals surface area contributed by atoms with Crippen LogP contribution < -0.4 is 5.32 Å². The molecule has 2 aromatic heterocycles. The summed E-state index contributed by atoms with van der Waals surface area (Å²) in [6.45, 7) is 0. The molecular weight excluding hydrogens is 378 g/mol. The van der Waals surface area contributed by atoms with Crippen LogP contribution in [0, 0.1) is 0 Å². The molecule has 0 aliphatic rings. The second kappa shape index (κ2) is 7.82. The van der Waals surface area contributed by atoms with E-state index in [1.807, 2.05) is 36.4 Å². The second-order valence-corrected chi connectivity index (χ2v) is 7.99. The molecule has 0 radical (unpaired) electrons. The lowest BCUT2D eigenvalue weighted by molar-refractivity contribution is -0.115. The molecule has 3 rings (SSSR count). The first-order valence-corrected chi connectivity index (χ1v) is 9.39. The van der Waals surface area contributed by atoms with Crippen molar-refractivity contribution in [1.82, 2.24) is 0 Å². The molecule has 0 fully saturated rings. The van der Waals surface area contributed by atoms with Gasteiger partial charge >= 0.3 is 5.97 Å². The van der Waals surface area contributed by atoms with Gasteiger partial charge in [-0.3, -0.25) is 4.79 Å². The van der Waals surface area contributed by atoms with E-state index in [0.717, 1.165) is 15.3 Å². The number of hydrogen-bond donors (Lipinski definition) is 1. The fourth-order valence-electron chi connectivity index (χ4n) is 2.27. The third-order valence-electron chi connectivity index (χ3n) is 3.40. The molecule has 0 atom stereocenters. The van der Waals surface area contributed by atoms with E-state index in [2.05, 4.69) is 5.32 Å². The Morgan fingerprint density at radius 1 is 1.12 bits per heavy atom. The molecule has 1 amide bonds. The van der Waals surface area contributed by atoms with E-state index in [1.54, 1.807) is 12.1 Å².